The van der Waals surface area contributed by atoms with Crippen LogP contribution in [0.15, 0.2) is 91.0 Å². The molecule has 0 aliphatic rings. The van der Waals surface area contributed by atoms with Crippen LogP contribution < -0.4 is 4.90 Å². The fraction of sp³-hybridized carbons (Fsp3) is 0.0435. The number of anilines is 1. The molecule has 0 fully saturated rings. The quantitative estimate of drug-likeness (QED) is 0.654. The molecule has 0 atom stereocenters. The zero-order valence-electron chi connectivity index (χ0n) is 14.7. The van der Waals surface area contributed by atoms with Crippen LogP contribution in [-0.4, -0.2) is 17.0 Å². The van der Waals surface area contributed by atoms with Crippen molar-refractivity contribution in [3.63, 3.8) is 0 Å². The Balaban J connectivity index is 1.84. The Morgan fingerprint density at radius 1 is 0.815 bits per heavy atom. The summed E-state index contributed by atoms with van der Waals surface area (Å²) in [5, 5.41) is 9.03. The Labute approximate surface area is 158 Å². The molecule has 134 valence electrons. The molecule has 0 heterocycles. The van der Waals surface area contributed by atoms with Crippen LogP contribution in [0.25, 0.3) is 6.08 Å². The molecule has 0 unspecified atom stereocenters. The van der Waals surface area contributed by atoms with Crippen LogP contribution in [0.3, 0.4) is 0 Å². The SMILES string of the molecule is O=C(O)c1ccc(CN(C(=O)C=Cc2ccccc2)c2ccccc2)cc1. The molecule has 3 rings (SSSR count). The Kier molecular flexibility index (Phi) is 5.80. The summed E-state index contributed by atoms with van der Waals surface area (Å²) >= 11 is 0. The molecule has 0 saturated carbocycles. The fourth-order valence-electron chi connectivity index (χ4n) is 2.66. The zero-order valence-corrected chi connectivity index (χ0v) is 14.7. The number of nitrogens with zero attached hydrogens (tertiary/aromatic N) is 1. The zero-order chi connectivity index (χ0) is 19.1. The second kappa shape index (κ2) is 8.63. The number of aromatic carboxylic acids is 1. The van der Waals surface area contributed by atoms with Gasteiger partial charge in [-0.15, -0.1) is 0 Å². The molecule has 3 aromatic rings. The van der Waals surface area contributed by atoms with Crippen LogP contribution >= 0.6 is 0 Å². The van der Waals surface area contributed by atoms with Crippen LogP contribution in [0, 0.1) is 0 Å². The smallest absolute Gasteiger partial charge is 0.335 e. The van der Waals surface area contributed by atoms with E-state index in [1.54, 1.807) is 41.3 Å². The summed E-state index contributed by atoms with van der Waals surface area (Å²) in [5.41, 5.74) is 2.80. The molecule has 27 heavy (non-hydrogen) atoms. The third-order valence-corrected chi connectivity index (χ3v) is 4.09. The van der Waals surface area contributed by atoms with Gasteiger partial charge in [-0.25, -0.2) is 4.79 Å². The molecule has 0 aliphatic heterocycles. The number of carboxylic acids is 1. The van der Waals surface area contributed by atoms with Gasteiger partial charge in [0.25, 0.3) is 5.91 Å². The Morgan fingerprint density at radius 3 is 2.00 bits per heavy atom. The van der Waals surface area contributed by atoms with Gasteiger partial charge in [-0.3, -0.25) is 4.79 Å². The van der Waals surface area contributed by atoms with Crippen molar-refractivity contribution in [1.82, 2.24) is 0 Å². The first-order chi connectivity index (χ1) is 13.1. The van der Waals surface area contributed by atoms with E-state index in [0.717, 1.165) is 16.8 Å². The van der Waals surface area contributed by atoms with Gasteiger partial charge in [0.05, 0.1) is 12.1 Å². The van der Waals surface area contributed by atoms with Gasteiger partial charge in [-0.1, -0.05) is 60.7 Å². The lowest BCUT2D eigenvalue weighted by atomic mass is 10.1. The number of benzene rings is 3. The highest BCUT2D eigenvalue weighted by molar-refractivity contribution is 6.03. The molecule has 0 aliphatic carbocycles. The minimum Gasteiger partial charge on any atom is -0.478 e. The molecule has 4 nitrogen and oxygen atoms in total. The maximum Gasteiger partial charge on any atom is 0.335 e. The molecule has 0 spiro atoms. The van der Waals surface area contributed by atoms with E-state index in [1.807, 2.05) is 60.7 Å². The normalized spacial score (nSPS) is 10.7. The van der Waals surface area contributed by atoms with Gasteiger partial charge in [-0.2, -0.15) is 0 Å². The molecule has 0 radical (unpaired) electrons. The Bertz CT molecular complexity index is 932. The molecule has 1 amide bonds. The fourth-order valence-corrected chi connectivity index (χ4v) is 2.66. The first-order valence-electron chi connectivity index (χ1n) is 8.55. The highest BCUT2D eigenvalue weighted by Crippen LogP contribution is 2.18. The number of amides is 1. The summed E-state index contributed by atoms with van der Waals surface area (Å²) in [4.78, 5) is 25.5. The van der Waals surface area contributed by atoms with Crippen molar-refractivity contribution in [3.05, 3.63) is 108 Å². The van der Waals surface area contributed by atoms with Crippen molar-refractivity contribution in [3.8, 4) is 0 Å². The van der Waals surface area contributed by atoms with E-state index in [9.17, 15) is 9.59 Å². The van der Waals surface area contributed by atoms with Crippen LogP contribution in [0.1, 0.15) is 21.5 Å². The van der Waals surface area contributed by atoms with Crippen molar-refractivity contribution in [2.75, 3.05) is 4.90 Å². The highest BCUT2D eigenvalue weighted by atomic mass is 16.4. The number of para-hydroxylation sites is 1. The molecule has 0 saturated heterocycles. The number of carboxylic acid groups (broad SMARTS) is 1. The van der Waals surface area contributed by atoms with Gasteiger partial charge in [0.2, 0.25) is 0 Å². The van der Waals surface area contributed by atoms with E-state index in [2.05, 4.69) is 0 Å². The number of carbonyl (C=O) groups excluding carboxylic acids is 1. The maximum atomic E-state index is 12.8. The summed E-state index contributed by atoms with van der Waals surface area (Å²) in [6.45, 7) is 0.349. The average Bonchev–Trinajstić information content (AvgIpc) is 2.72. The maximum absolute atomic E-state index is 12.8. The Morgan fingerprint density at radius 2 is 1.41 bits per heavy atom. The third-order valence-electron chi connectivity index (χ3n) is 4.09. The molecule has 3 aromatic carbocycles. The molecular formula is C23H19NO3. The summed E-state index contributed by atoms with van der Waals surface area (Å²) in [7, 11) is 0. The van der Waals surface area contributed by atoms with Crippen molar-refractivity contribution in [2.24, 2.45) is 0 Å². The number of carbonyl (C=O) groups is 2. The summed E-state index contributed by atoms with van der Waals surface area (Å²) < 4.78 is 0. The van der Waals surface area contributed by atoms with Crippen LogP contribution in [0.5, 0.6) is 0 Å². The molecular weight excluding hydrogens is 338 g/mol. The summed E-state index contributed by atoms with van der Waals surface area (Å²) in [5.74, 6) is -1.12. The third kappa shape index (κ3) is 4.92. The van der Waals surface area contributed by atoms with Crippen molar-refractivity contribution < 1.29 is 14.7 Å². The van der Waals surface area contributed by atoms with Crippen molar-refractivity contribution in [1.29, 1.82) is 0 Å². The van der Waals surface area contributed by atoms with Crippen LogP contribution in [0.2, 0.25) is 0 Å². The molecule has 0 aromatic heterocycles. The molecule has 1 N–H and O–H groups in total. The summed E-state index contributed by atoms with van der Waals surface area (Å²) in [6.07, 6.45) is 3.33. The lowest BCUT2D eigenvalue weighted by Crippen LogP contribution is -2.28. The van der Waals surface area contributed by atoms with Crippen molar-refractivity contribution in [2.45, 2.75) is 6.54 Å². The standard InChI is InChI=1S/C23H19NO3/c25-22(16-13-18-7-3-1-4-8-18)24(21-9-5-2-6-10-21)17-19-11-14-20(15-12-19)23(26)27/h1-16H,17H2,(H,26,27). The van der Waals surface area contributed by atoms with E-state index in [0.29, 0.717) is 6.54 Å². The lowest BCUT2D eigenvalue weighted by Gasteiger charge is -2.21. The topological polar surface area (TPSA) is 57.6 Å². The monoisotopic (exact) mass is 357 g/mol. The lowest BCUT2D eigenvalue weighted by molar-refractivity contribution is -0.114. The first-order valence-corrected chi connectivity index (χ1v) is 8.55. The van der Waals surface area contributed by atoms with Crippen molar-refractivity contribution >= 4 is 23.6 Å². The predicted octanol–water partition coefficient (Wildman–Crippen LogP) is 4.63. The second-order valence-electron chi connectivity index (χ2n) is 6.01. The van der Waals surface area contributed by atoms with E-state index in [4.69, 9.17) is 5.11 Å². The van der Waals surface area contributed by atoms with Gasteiger partial charge in [-0.05, 0) is 41.5 Å². The number of hydrogen-bond acceptors (Lipinski definition) is 2. The largest absolute Gasteiger partial charge is 0.478 e. The van der Waals surface area contributed by atoms with Gasteiger partial charge in [0, 0.05) is 11.8 Å². The van der Waals surface area contributed by atoms with Crippen LogP contribution in [-0.2, 0) is 11.3 Å². The van der Waals surface area contributed by atoms with E-state index >= 15 is 0 Å². The highest BCUT2D eigenvalue weighted by Gasteiger charge is 2.14. The van der Waals surface area contributed by atoms with E-state index in [-0.39, 0.29) is 11.5 Å². The second-order valence-corrected chi connectivity index (χ2v) is 6.01. The van der Waals surface area contributed by atoms with Gasteiger partial charge < -0.3 is 10.0 Å². The minimum absolute atomic E-state index is 0.146. The van der Waals surface area contributed by atoms with E-state index in [1.165, 1.54) is 0 Å². The van der Waals surface area contributed by atoms with Gasteiger partial charge in [0.1, 0.15) is 0 Å². The number of hydrogen-bond donors (Lipinski definition) is 1. The van der Waals surface area contributed by atoms with Crippen LogP contribution in [0.4, 0.5) is 5.69 Å². The average molecular weight is 357 g/mol. The van der Waals surface area contributed by atoms with E-state index < -0.39 is 5.97 Å². The predicted molar refractivity (Wildman–Crippen MR) is 107 cm³/mol. The minimum atomic E-state index is -0.969. The van der Waals surface area contributed by atoms with Gasteiger partial charge in [0.15, 0.2) is 0 Å². The summed E-state index contributed by atoms with van der Waals surface area (Å²) in [6, 6.07) is 25.6. The Hall–Kier alpha value is -3.66. The molecule has 4 heteroatoms. The first kappa shape index (κ1) is 18.1. The molecule has 0 bridgehead atoms. The number of rotatable bonds is 6. The van der Waals surface area contributed by atoms with Gasteiger partial charge >= 0.3 is 5.97 Å².